The molecular formula is C15H18N4O3. The molecule has 1 aliphatic heterocycles. The van der Waals surface area contributed by atoms with Gasteiger partial charge in [0.2, 0.25) is 0 Å². The Balaban J connectivity index is 1.73. The first kappa shape index (κ1) is 14.5. The van der Waals surface area contributed by atoms with E-state index in [9.17, 15) is 4.79 Å². The van der Waals surface area contributed by atoms with Crippen LogP contribution in [0.1, 0.15) is 39.0 Å². The van der Waals surface area contributed by atoms with E-state index in [1.807, 2.05) is 20.8 Å². The van der Waals surface area contributed by atoms with Gasteiger partial charge < -0.3 is 9.26 Å². The Morgan fingerprint density at radius 3 is 2.68 bits per heavy atom. The standard InChI is InChI=1S/C15H18N4O3/c1-15(2,3)21-14(20)19-8-5-11(19)12-9-10(18-22-12)13-16-6-4-7-17-13/h4,6-7,9,11H,5,8H2,1-3H3/t11-/m0/s1. The van der Waals surface area contributed by atoms with Crippen LogP contribution in [-0.4, -0.2) is 38.3 Å². The molecule has 0 unspecified atom stereocenters. The summed E-state index contributed by atoms with van der Waals surface area (Å²) < 4.78 is 10.7. The quantitative estimate of drug-likeness (QED) is 0.848. The number of hydrogen-bond acceptors (Lipinski definition) is 6. The van der Waals surface area contributed by atoms with Gasteiger partial charge in [0, 0.05) is 25.0 Å². The summed E-state index contributed by atoms with van der Waals surface area (Å²) >= 11 is 0. The minimum absolute atomic E-state index is 0.139. The van der Waals surface area contributed by atoms with Crippen molar-refractivity contribution in [2.24, 2.45) is 0 Å². The highest BCUT2D eigenvalue weighted by Crippen LogP contribution is 2.35. The lowest BCUT2D eigenvalue weighted by Crippen LogP contribution is -2.47. The largest absolute Gasteiger partial charge is 0.444 e. The number of hydrogen-bond donors (Lipinski definition) is 0. The van der Waals surface area contributed by atoms with Crippen molar-refractivity contribution >= 4 is 6.09 Å². The van der Waals surface area contributed by atoms with E-state index in [0.717, 1.165) is 6.42 Å². The molecule has 2 aromatic heterocycles. The predicted molar refractivity (Wildman–Crippen MR) is 77.8 cm³/mol. The number of likely N-dealkylation sites (tertiary alicyclic amines) is 1. The van der Waals surface area contributed by atoms with Gasteiger partial charge in [-0.15, -0.1) is 0 Å². The van der Waals surface area contributed by atoms with Gasteiger partial charge in [-0.2, -0.15) is 0 Å². The number of carbonyl (C=O) groups excluding carboxylic acids is 1. The van der Waals surface area contributed by atoms with E-state index < -0.39 is 5.60 Å². The molecule has 22 heavy (non-hydrogen) atoms. The molecule has 0 aliphatic carbocycles. The van der Waals surface area contributed by atoms with E-state index >= 15 is 0 Å². The maximum Gasteiger partial charge on any atom is 0.410 e. The van der Waals surface area contributed by atoms with Gasteiger partial charge in [0.15, 0.2) is 17.3 Å². The van der Waals surface area contributed by atoms with Crippen molar-refractivity contribution in [2.45, 2.75) is 38.8 Å². The molecule has 0 N–H and O–H groups in total. The zero-order chi connectivity index (χ0) is 15.7. The van der Waals surface area contributed by atoms with Crippen molar-refractivity contribution in [3.8, 4) is 11.5 Å². The molecule has 0 radical (unpaired) electrons. The second-order valence-electron chi connectivity index (χ2n) is 6.17. The Bertz CT molecular complexity index is 663. The van der Waals surface area contributed by atoms with Crippen molar-refractivity contribution in [2.75, 3.05) is 6.54 Å². The fourth-order valence-corrected chi connectivity index (χ4v) is 2.21. The molecule has 3 rings (SSSR count). The smallest absolute Gasteiger partial charge is 0.410 e. The summed E-state index contributed by atoms with van der Waals surface area (Å²) in [6, 6.07) is 3.37. The summed E-state index contributed by atoms with van der Waals surface area (Å²) in [4.78, 5) is 22.0. The Hall–Kier alpha value is -2.44. The fraction of sp³-hybridized carbons (Fsp3) is 0.467. The van der Waals surface area contributed by atoms with Crippen LogP contribution >= 0.6 is 0 Å². The fourth-order valence-electron chi connectivity index (χ4n) is 2.21. The number of nitrogens with zero attached hydrogens (tertiary/aromatic N) is 4. The van der Waals surface area contributed by atoms with E-state index in [-0.39, 0.29) is 12.1 Å². The van der Waals surface area contributed by atoms with Crippen LogP contribution in [0.5, 0.6) is 0 Å². The third-order valence-corrected chi connectivity index (χ3v) is 3.30. The molecule has 2 aromatic rings. The molecule has 1 amide bonds. The SMILES string of the molecule is CC(C)(C)OC(=O)N1CC[C@H]1c1cc(-c2ncccn2)no1. The first-order valence-corrected chi connectivity index (χ1v) is 7.18. The molecular weight excluding hydrogens is 284 g/mol. The molecule has 3 heterocycles. The summed E-state index contributed by atoms with van der Waals surface area (Å²) in [5.74, 6) is 1.13. The van der Waals surface area contributed by atoms with Gasteiger partial charge in [0.05, 0.1) is 6.04 Å². The average Bonchev–Trinajstić information content (AvgIpc) is 2.85. The van der Waals surface area contributed by atoms with Crippen LogP contribution < -0.4 is 0 Å². The summed E-state index contributed by atoms with van der Waals surface area (Å²) in [7, 11) is 0. The van der Waals surface area contributed by atoms with E-state index in [4.69, 9.17) is 9.26 Å². The van der Waals surface area contributed by atoms with Gasteiger partial charge in [0.1, 0.15) is 5.60 Å². The highest BCUT2D eigenvalue weighted by molar-refractivity contribution is 5.70. The van der Waals surface area contributed by atoms with E-state index in [0.29, 0.717) is 23.8 Å². The van der Waals surface area contributed by atoms with E-state index in [1.165, 1.54) is 0 Å². The van der Waals surface area contributed by atoms with Gasteiger partial charge in [-0.3, -0.25) is 4.90 Å². The van der Waals surface area contributed by atoms with Crippen molar-refractivity contribution in [1.82, 2.24) is 20.0 Å². The van der Waals surface area contributed by atoms with Crippen LogP contribution in [0, 0.1) is 0 Å². The van der Waals surface area contributed by atoms with Gasteiger partial charge in [0.25, 0.3) is 0 Å². The lowest BCUT2D eigenvalue weighted by atomic mass is 10.0. The predicted octanol–water partition coefficient (Wildman–Crippen LogP) is 2.81. The Morgan fingerprint density at radius 2 is 2.09 bits per heavy atom. The molecule has 1 aliphatic rings. The van der Waals surface area contributed by atoms with Crippen LogP contribution in [0.4, 0.5) is 4.79 Å². The number of carbonyl (C=O) groups is 1. The maximum absolute atomic E-state index is 12.1. The van der Waals surface area contributed by atoms with Gasteiger partial charge in [-0.1, -0.05) is 5.16 Å². The van der Waals surface area contributed by atoms with Crippen LogP contribution in [0.25, 0.3) is 11.5 Å². The first-order valence-electron chi connectivity index (χ1n) is 7.18. The summed E-state index contributed by atoms with van der Waals surface area (Å²) in [6.07, 6.45) is 3.78. The minimum Gasteiger partial charge on any atom is -0.444 e. The lowest BCUT2D eigenvalue weighted by molar-refractivity contribution is -0.0108. The van der Waals surface area contributed by atoms with Gasteiger partial charge >= 0.3 is 6.09 Å². The van der Waals surface area contributed by atoms with Crippen molar-refractivity contribution < 1.29 is 14.1 Å². The highest BCUT2D eigenvalue weighted by Gasteiger charge is 2.38. The molecule has 7 nitrogen and oxygen atoms in total. The van der Waals surface area contributed by atoms with Crippen molar-refractivity contribution in [1.29, 1.82) is 0 Å². The topological polar surface area (TPSA) is 81.4 Å². The normalized spacial score (nSPS) is 18.0. The molecule has 0 saturated carbocycles. The van der Waals surface area contributed by atoms with Crippen LogP contribution in [0.2, 0.25) is 0 Å². The average molecular weight is 302 g/mol. The zero-order valence-corrected chi connectivity index (χ0v) is 12.8. The zero-order valence-electron chi connectivity index (χ0n) is 12.8. The molecule has 7 heteroatoms. The molecule has 1 atom stereocenters. The van der Waals surface area contributed by atoms with Gasteiger partial charge in [-0.05, 0) is 33.3 Å². The van der Waals surface area contributed by atoms with Crippen LogP contribution in [0.15, 0.2) is 29.0 Å². The summed E-state index contributed by atoms with van der Waals surface area (Å²) in [5.41, 5.74) is 0.0495. The minimum atomic E-state index is -0.512. The Kier molecular flexibility index (Phi) is 3.56. The van der Waals surface area contributed by atoms with Crippen molar-refractivity contribution in [3.05, 3.63) is 30.3 Å². The molecule has 116 valence electrons. The number of amides is 1. The van der Waals surface area contributed by atoms with Crippen molar-refractivity contribution in [3.63, 3.8) is 0 Å². The van der Waals surface area contributed by atoms with Crippen LogP contribution in [-0.2, 0) is 4.74 Å². The molecule has 0 bridgehead atoms. The second-order valence-corrected chi connectivity index (χ2v) is 6.17. The Morgan fingerprint density at radius 1 is 1.36 bits per heavy atom. The number of ether oxygens (including phenoxy) is 1. The molecule has 1 fully saturated rings. The third kappa shape index (κ3) is 2.93. The van der Waals surface area contributed by atoms with E-state index in [1.54, 1.807) is 29.4 Å². The molecule has 0 aromatic carbocycles. The number of rotatable bonds is 2. The highest BCUT2D eigenvalue weighted by atomic mass is 16.6. The third-order valence-electron chi connectivity index (χ3n) is 3.30. The molecule has 0 spiro atoms. The summed E-state index contributed by atoms with van der Waals surface area (Å²) in [6.45, 7) is 6.19. The van der Waals surface area contributed by atoms with Crippen LogP contribution in [0.3, 0.4) is 0 Å². The number of aromatic nitrogens is 3. The summed E-state index contributed by atoms with van der Waals surface area (Å²) in [5, 5.41) is 3.98. The second kappa shape index (κ2) is 5.40. The van der Waals surface area contributed by atoms with E-state index in [2.05, 4.69) is 15.1 Å². The molecule has 1 saturated heterocycles. The Labute approximate surface area is 128 Å². The monoisotopic (exact) mass is 302 g/mol. The first-order chi connectivity index (χ1) is 10.4. The lowest BCUT2D eigenvalue weighted by Gasteiger charge is -2.39. The van der Waals surface area contributed by atoms with Gasteiger partial charge in [-0.25, -0.2) is 14.8 Å². The maximum atomic E-state index is 12.1.